The van der Waals surface area contributed by atoms with Crippen molar-refractivity contribution in [3.63, 3.8) is 0 Å². The molecular formula is C9H18N2O2. The van der Waals surface area contributed by atoms with Gasteiger partial charge in [-0.3, -0.25) is 9.69 Å². The van der Waals surface area contributed by atoms with Crippen molar-refractivity contribution in [3.05, 3.63) is 0 Å². The molecule has 76 valence electrons. The highest BCUT2D eigenvalue weighted by Gasteiger charge is 2.38. The molecule has 0 aromatic carbocycles. The molecule has 1 rings (SSSR count). The predicted octanol–water partition coefficient (Wildman–Crippen LogP) is 0.273. The molecule has 1 saturated heterocycles. The molecule has 1 aliphatic rings. The van der Waals surface area contributed by atoms with Crippen LogP contribution < -0.4 is 5.73 Å². The molecule has 1 fully saturated rings. The van der Waals surface area contributed by atoms with Crippen molar-refractivity contribution in [1.82, 2.24) is 4.90 Å². The van der Waals surface area contributed by atoms with E-state index in [9.17, 15) is 4.79 Å². The maximum absolute atomic E-state index is 10.9. The molecule has 0 aromatic heterocycles. The van der Waals surface area contributed by atoms with Crippen LogP contribution in [0, 0.1) is 0 Å². The lowest BCUT2D eigenvalue weighted by atomic mass is 10.0. The number of hydrogen-bond acceptors (Lipinski definition) is 3. The van der Waals surface area contributed by atoms with Gasteiger partial charge in [0.1, 0.15) is 6.04 Å². The van der Waals surface area contributed by atoms with Gasteiger partial charge in [-0.25, -0.2) is 0 Å². The minimum atomic E-state index is -0.808. The first-order valence-corrected chi connectivity index (χ1v) is 4.68. The number of aliphatic carboxylic acids is 1. The third-order valence-corrected chi connectivity index (χ3v) is 2.85. The second kappa shape index (κ2) is 3.64. The quantitative estimate of drug-likeness (QED) is 0.664. The molecule has 0 radical (unpaired) electrons. The van der Waals surface area contributed by atoms with Gasteiger partial charge in [0.15, 0.2) is 0 Å². The van der Waals surface area contributed by atoms with Crippen molar-refractivity contribution in [2.75, 3.05) is 13.1 Å². The summed E-state index contributed by atoms with van der Waals surface area (Å²) in [4.78, 5) is 12.9. The first-order valence-electron chi connectivity index (χ1n) is 4.68. The van der Waals surface area contributed by atoms with Crippen molar-refractivity contribution in [1.29, 1.82) is 0 Å². The van der Waals surface area contributed by atoms with Gasteiger partial charge in [0.25, 0.3) is 0 Å². The van der Waals surface area contributed by atoms with E-state index in [1.165, 1.54) is 0 Å². The van der Waals surface area contributed by atoms with Crippen LogP contribution in [0.5, 0.6) is 0 Å². The van der Waals surface area contributed by atoms with E-state index in [4.69, 9.17) is 10.8 Å². The molecule has 0 amide bonds. The van der Waals surface area contributed by atoms with Gasteiger partial charge >= 0.3 is 5.97 Å². The zero-order valence-corrected chi connectivity index (χ0v) is 8.29. The van der Waals surface area contributed by atoms with E-state index in [0.29, 0.717) is 0 Å². The lowest BCUT2D eigenvalue weighted by Crippen LogP contribution is -2.52. The fraction of sp³-hybridized carbons (Fsp3) is 0.889. The first-order chi connectivity index (χ1) is 5.99. The fourth-order valence-corrected chi connectivity index (χ4v) is 2.07. The number of nitrogens with two attached hydrogens (primary N) is 1. The molecular weight excluding hydrogens is 168 g/mol. The highest BCUT2D eigenvalue weighted by Crippen LogP contribution is 2.29. The zero-order valence-electron chi connectivity index (χ0n) is 8.29. The van der Waals surface area contributed by atoms with E-state index in [1.54, 1.807) is 0 Å². The van der Waals surface area contributed by atoms with Crippen LogP contribution in [0.2, 0.25) is 0 Å². The molecule has 0 aliphatic carbocycles. The number of carboxylic acid groups (broad SMARTS) is 1. The van der Waals surface area contributed by atoms with Gasteiger partial charge in [0.2, 0.25) is 0 Å². The van der Waals surface area contributed by atoms with Crippen LogP contribution in [0.25, 0.3) is 0 Å². The molecule has 13 heavy (non-hydrogen) atoms. The molecule has 0 aromatic rings. The molecule has 0 spiro atoms. The van der Waals surface area contributed by atoms with E-state index >= 15 is 0 Å². The summed E-state index contributed by atoms with van der Waals surface area (Å²) in [6, 6.07) is -0.516. The number of likely N-dealkylation sites (tertiary alicyclic amines) is 1. The smallest absolute Gasteiger partial charge is 0.322 e. The van der Waals surface area contributed by atoms with Crippen LogP contribution in [0.1, 0.15) is 26.7 Å². The Kier molecular flexibility index (Phi) is 2.93. The van der Waals surface area contributed by atoms with Gasteiger partial charge < -0.3 is 10.8 Å². The van der Waals surface area contributed by atoms with E-state index in [2.05, 4.69) is 13.8 Å². The van der Waals surface area contributed by atoms with Gasteiger partial charge in [-0.05, 0) is 33.2 Å². The Morgan fingerprint density at radius 1 is 1.69 bits per heavy atom. The van der Waals surface area contributed by atoms with Crippen LogP contribution in [0.15, 0.2) is 0 Å². The normalized spacial score (nSPS) is 24.5. The monoisotopic (exact) mass is 186 g/mol. The summed E-state index contributed by atoms with van der Waals surface area (Å²) in [6.45, 7) is 5.19. The average Bonchev–Trinajstić information content (AvgIpc) is 2.32. The SMILES string of the molecule is CC1(C)CCCN1C(CN)C(=O)O. The van der Waals surface area contributed by atoms with Gasteiger partial charge in [0, 0.05) is 12.1 Å². The van der Waals surface area contributed by atoms with E-state index in [-0.39, 0.29) is 12.1 Å². The summed E-state index contributed by atoms with van der Waals surface area (Å²) in [7, 11) is 0. The molecule has 1 aliphatic heterocycles. The van der Waals surface area contributed by atoms with Crippen LogP contribution in [0.3, 0.4) is 0 Å². The van der Waals surface area contributed by atoms with Crippen molar-refractivity contribution < 1.29 is 9.90 Å². The Bertz CT molecular complexity index is 204. The Labute approximate surface area is 78.7 Å². The van der Waals surface area contributed by atoms with Crippen molar-refractivity contribution in [2.45, 2.75) is 38.3 Å². The first kappa shape index (κ1) is 10.5. The Morgan fingerprint density at radius 2 is 2.31 bits per heavy atom. The van der Waals surface area contributed by atoms with E-state index in [0.717, 1.165) is 19.4 Å². The second-order valence-electron chi connectivity index (χ2n) is 4.20. The molecule has 1 atom stereocenters. The number of carbonyl (C=O) groups is 1. The van der Waals surface area contributed by atoms with Gasteiger partial charge in [-0.2, -0.15) is 0 Å². The number of hydrogen-bond donors (Lipinski definition) is 2. The number of rotatable bonds is 3. The Balaban J connectivity index is 2.74. The minimum absolute atomic E-state index is 0.0115. The number of nitrogens with zero attached hydrogens (tertiary/aromatic N) is 1. The molecule has 1 unspecified atom stereocenters. The van der Waals surface area contributed by atoms with Crippen LogP contribution >= 0.6 is 0 Å². The molecule has 0 saturated carbocycles. The fourth-order valence-electron chi connectivity index (χ4n) is 2.07. The van der Waals surface area contributed by atoms with Gasteiger partial charge in [-0.1, -0.05) is 0 Å². The predicted molar refractivity (Wildman–Crippen MR) is 50.5 cm³/mol. The highest BCUT2D eigenvalue weighted by atomic mass is 16.4. The molecule has 3 N–H and O–H groups in total. The third kappa shape index (κ3) is 2.00. The third-order valence-electron chi connectivity index (χ3n) is 2.85. The zero-order chi connectivity index (χ0) is 10.1. The van der Waals surface area contributed by atoms with E-state index < -0.39 is 12.0 Å². The van der Waals surface area contributed by atoms with Crippen molar-refractivity contribution >= 4 is 5.97 Å². The summed E-state index contributed by atoms with van der Waals surface area (Å²) in [5, 5.41) is 8.94. The summed E-state index contributed by atoms with van der Waals surface area (Å²) >= 11 is 0. The molecule has 4 heteroatoms. The molecule has 1 heterocycles. The molecule has 4 nitrogen and oxygen atoms in total. The topological polar surface area (TPSA) is 66.6 Å². The second-order valence-corrected chi connectivity index (χ2v) is 4.20. The standard InChI is InChI=1S/C9H18N2O2/c1-9(2)4-3-5-11(9)7(6-10)8(12)13/h7H,3-6,10H2,1-2H3,(H,12,13). The summed E-state index contributed by atoms with van der Waals surface area (Å²) in [6.07, 6.45) is 2.12. The number of carboxylic acids is 1. The summed E-state index contributed by atoms with van der Waals surface area (Å²) in [5.74, 6) is -0.808. The minimum Gasteiger partial charge on any atom is -0.480 e. The summed E-state index contributed by atoms with van der Waals surface area (Å²) < 4.78 is 0. The lowest BCUT2D eigenvalue weighted by Gasteiger charge is -2.35. The van der Waals surface area contributed by atoms with Gasteiger partial charge in [-0.15, -0.1) is 0 Å². The highest BCUT2D eigenvalue weighted by molar-refractivity contribution is 5.74. The van der Waals surface area contributed by atoms with Crippen LogP contribution in [0.4, 0.5) is 0 Å². The molecule has 0 bridgehead atoms. The Morgan fingerprint density at radius 3 is 2.62 bits per heavy atom. The maximum atomic E-state index is 10.9. The van der Waals surface area contributed by atoms with Crippen molar-refractivity contribution in [2.24, 2.45) is 5.73 Å². The lowest BCUT2D eigenvalue weighted by molar-refractivity contribution is -0.144. The van der Waals surface area contributed by atoms with Crippen molar-refractivity contribution in [3.8, 4) is 0 Å². The van der Waals surface area contributed by atoms with Crippen LogP contribution in [-0.4, -0.2) is 40.6 Å². The largest absolute Gasteiger partial charge is 0.480 e. The Hall–Kier alpha value is -0.610. The van der Waals surface area contributed by atoms with E-state index in [1.807, 2.05) is 4.90 Å². The average molecular weight is 186 g/mol. The summed E-state index contributed by atoms with van der Waals surface area (Å²) in [5.41, 5.74) is 5.44. The van der Waals surface area contributed by atoms with Crippen LogP contribution in [-0.2, 0) is 4.79 Å². The van der Waals surface area contributed by atoms with Gasteiger partial charge in [0.05, 0.1) is 0 Å². The maximum Gasteiger partial charge on any atom is 0.322 e.